The van der Waals surface area contributed by atoms with Crippen molar-refractivity contribution in [2.45, 2.75) is 32.3 Å². The quantitative estimate of drug-likeness (QED) is 0.741. The van der Waals surface area contributed by atoms with Gasteiger partial charge in [-0.05, 0) is 63.0 Å². The summed E-state index contributed by atoms with van der Waals surface area (Å²) >= 11 is 5.83. The lowest BCUT2D eigenvalue weighted by atomic mass is 9.92. The van der Waals surface area contributed by atoms with Crippen LogP contribution in [0.15, 0.2) is 24.3 Å². The Balaban J connectivity index is 1.49. The number of likely N-dealkylation sites (tertiary alicyclic amines) is 1. The van der Waals surface area contributed by atoms with Crippen LogP contribution in [-0.4, -0.2) is 44.1 Å². The largest absolute Gasteiger partial charge is 0.375 e. The van der Waals surface area contributed by atoms with Gasteiger partial charge in [-0.15, -0.1) is 0 Å². The van der Waals surface area contributed by atoms with Crippen molar-refractivity contribution in [2.75, 3.05) is 33.3 Å². The van der Waals surface area contributed by atoms with Crippen LogP contribution in [0.3, 0.4) is 0 Å². The molecule has 2 rings (SSSR count). The minimum atomic E-state index is 0.138. The average Bonchev–Trinajstić information content (AvgIpc) is 2.56. The van der Waals surface area contributed by atoms with Crippen LogP contribution < -0.4 is 5.32 Å². The summed E-state index contributed by atoms with van der Waals surface area (Å²) in [5.74, 6) is 0.845. The zero-order valence-electron chi connectivity index (χ0n) is 13.9. The number of ether oxygens (including phenoxy) is 1. The highest BCUT2D eigenvalue weighted by Gasteiger charge is 2.17. The highest BCUT2D eigenvalue weighted by Crippen LogP contribution is 2.20. The van der Waals surface area contributed by atoms with Crippen molar-refractivity contribution in [3.8, 4) is 0 Å². The maximum absolute atomic E-state index is 11.8. The lowest BCUT2D eigenvalue weighted by molar-refractivity contribution is -0.121. The first-order valence-corrected chi connectivity index (χ1v) is 8.78. The molecule has 0 radical (unpaired) electrons. The molecule has 1 aliphatic heterocycles. The zero-order valence-corrected chi connectivity index (χ0v) is 14.6. The van der Waals surface area contributed by atoms with Crippen molar-refractivity contribution >= 4 is 17.5 Å². The summed E-state index contributed by atoms with van der Waals surface area (Å²) in [7, 11) is 2.16. The van der Waals surface area contributed by atoms with Gasteiger partial charge in [-0.1, -0.05) is 23.7 Å². The number of halogens is 1. The fourth-order valence-electron chi connectivity index (χ4n) is 2.81. The molecule has 1 aromatic rings. The van der Waals surface area contributed by atoms with E-state index in [0.29, 0.717) is 32.1 Å². The second kappa shape index (κ2) is 9.91. The Morgan fingerprint density at radius 3 is 2.70 bits per heavy atom. The van der Waals surface area contributed by atoms with Crippen LogP contribution in [-0.2, 0) is 16.1 Å². The fraction of sp³-hybridized carbons (Fsp3) is 0.611. The van der Waals surface area contributed by atoms with E-state index in [1.807, 2.05) is 24.3 Å². The van der Waals surface area contributed by atoms with Gasteiger partial charge in [0.15, 0.2) is 0 Å². The highest BCUT2D eigenvalue weighted by molar-refractivity contribution is 6.30. The Morgan fingerprint density at radius 2 is 2.00 bits per heavy atom. The third kappa shape index (κ3) is 7.34. The van der Waals surface area contributed by atoms with Gasteiger partial charge in [0.05, 0.1) is 13.2 Å². The number of nitrogens with zero attached hydrogens (tertiary/aromatic N) is 1. The van der Waals surface area contributed by atoms with Crippen LogP contribution in [0.2, 0.25) is 5.02 Å². The number of hydrogen-bond acceptors (Lipinski definition) is 3. The van der Waals surface area contributed by atoms with Crippen molar-refractivity contribution in [2.24, 2.45) is 5.92 Å². The monoisotopic (exact) mass is 338 g/mol. The molecule has 4 nitrogen and oxygen atoms in total. The average molecular weight is 339 g/mol. The molecule has 0 atom stereocenters. The molecule has 1 amide bonds. The molecule has 0 unspecified atom stereocenters. The van der Waals surface area contributed by atoms with E-state index in [2.05, 4.69) is 17.3 Å². The summed E-state index contributed by atoms with van der Waals surface area (Å²) in [4.78, 5) is 14.2. The van der Waals surface area contributed by atoms with Crippen LogP contribution >= 0.6 is 11.6 Å². The zero-order chi connectivity index (χ0) is 16.5. The summed E-state index contributed by atoms with van der Waals surface area (Å²) in [5, 5.41) is 3.66. The molecule has 128 valence electrons. The number of benzene rings is 1. The predicted octanol–water partition coefficient (Wildman–Crippen LogP) is 3.09. The normalized spacial score (nSPS) is 16.4. The molecule has 1 aliphatic rings. The molecule has 0 aromatic heterocycles. The van der Waals surface area contributed by atoms with E-state index in [1.54, 1.807) is 0 Å². The summed E-state index contributed by atoms with van der Waals surface area (Å²) in [6, 6.07) is 7.60. The first kappa shape index (κ1) is 18.2. The summed E-state index contributed by atoms with van der Waals surface area (Å²) in [6.07, 6.45) is 4.07. The molecule has 1 N–H and O–H groups in total. The Kier molecular flexibility index (Phi) is 7.86. The number of hydrogen-bond donors (Lipinski definition) is 1. The molecule has 23 heavy (non-hydrogen) atoms. The van der Waals surface area contributed by atoms with Gasteiger partial charge in [0, 0.05) is 18.0 Å². The Hall–Kier alpha value is -1.10. The second-order valence-corrected chi connectivity index (χ2v) is 6.75. The fourth-order valence-corrected chi connectivity index (χ4v) is 2.93. The summed E-state index contributed by atoms with van der Waals surface area (Å²) in [6.45, 7) is 3.96. The van der Waals surface area contributed by atoms with Crippen LogP contribution in [0.5, 0.6) is 0 Å². The van der Waals surface area contributed by atoms with E-state index < -0.39 is 0 Å². The van der Waals surface area contributed by atoms with Crippen molar-refractivity contribution in [1.82, 2.24) is 10.2 Å². The Labute approximate surface area is 144 Å². The van der Waals surface area contributed by atoms with E-state index in [4.69, 9.17) is 16.3 Å². The van der Waals surface area contributed by atoms with Crippen LogP contribution in [0.1, 0.15) is 31.2 Å². The van der Waals surface area contributed by atoms with Crippen LogP contribution in [0.4, 0.5) is 0 Å². The lowest BCUT2D eigenvalue weighted by Gasteiger charge is -2.28. The molecule has 0 aliphatic carbocycles. The van der Waals surface area contributed by atoms with E-state index in [9.17, 15) is 4.79 Å². The molecule has 1 fully saturated rings. The van der Waals surface area contributed by atoms with Crippen molar-refractivity contribution in [3.63, 3.8) is 0 Å². The molecular weight excluding hydrogens is 312 g/mol. The van der Waals surface area contributed by atoms with Gasteiger partial charge in [-0.3, -0.25) is 4.79 Å². The van der Waals surface area contributed by atoms with E-state index >= 15 is 0 Å². The van der Waals surface area contributed by atoms with Gasteiger partial charge in [0.25, 0.3) is 0 Å². The van der Waals surface area contributed by atoms with Gasteiger partial charge in [-0.2, -0.15) is 0 Å². The van der Waals surface area contributed by atoms with Crippen molar-refractivity contribution < 1.29 is 9.53 Å². The molecule has 0 spiro atoms. The lowest BCUT2D eigenvalue weighted by Crippen LogP contribution is -2.31. The molecular formula is C18H27ClN2O2. The van der Waals surface area contributed by atoms with Crippen LogP contribution in [0, 0.1) is 5.92 Å². The molecule has 1 saturated heterocycles. The predicted molar refractivity (Wildman–Crippen MR) is 93.6 cm³/mol. The SMILES string of the molecule is CN1CCC(CCC(=O)NCCOCc2ccc(Cl)cc2)CC1. The standard InChI is InChI=1S/C18H27ClN2O2/c1-21-11-8-15(9-12-21)4-7-18(22)20-10-13-23-14-16-2-5-17(19)6-3-16/h2-3,5-6,15H,4,7-14H2,1H3,(H,20,22). The molecule has 1 aromatic carbocycles. The van der Waals surface area contributed by atoms with Gasteiger partial charge in [0.1, 0.15) is 0 Å². The third-order valence-corrected chi connectivity index (χ3v) is 4.62. The first-order chi connectivity index (χ1) is 11.1. The number of nitrogens with one attached hydrogen (secondary N) is 1. The Bertz CT molecular complexity index is 470. The number of amides is 1. The number of piperidine rings is 1. The smallest absolute Gasteiger partial charge is 0.220 e. The maximum atomic E-state index is 11.8. The third-order valence-electron chi connectivity index (χ3n) is 4.37. The van der Waals surface area contributed by atoms with Gasteiger partial charge >= 0.3 is 0 Å². The molecule has 1 heterocycles. The van der Waals surface area contributed by atoms with Crippen molar-refractivity contribution in [3.05, 3.63) is 34.9 Å². The number of rotatable bonds is 8. The van der Waals surface area contributed by atoms with Crippen molar-refractivity contribution in [1.29, 1.82) is 0 Å². The maximum Gasteiger partial charge on any atom is 0.220 e. The van der Waals surface area contributed by atoms with Gasteiger partial charge < -0.3 is 15.0 Å². The van der Waals surface area contributed by atoms with E-state index in [0.717, 1.165) is 30.1 Å². The van der Waals surface area contributed by atoms with Crippen LogP contribution in [0.25, 0.3) is 0 Å². The first-order valence-electron chi connectivity index (χ1n) is 8.41. The van der Waals surface area contributed by atoms with Gasteiger partial charge in [-0.25, -0.2) is 0 Å². The number of carbonyl (C=O) groups is 1. The summed E-state index contributed by atoms with van der Waals surface area (Å²) < 4.78 is 5.55. The highest BCUT2D eigenvalue weighted by atomic mass is 35.5. The molecule has 5 heteroatoms. The number of carbonyl (C=O) groups excluding carboxylic acids is 1. The summed E-state index contributed by atoms with van der Waals surface area (Å²) in [5.41, 5.74) is 1.09. The Morgan fingerprint density at radius 1 is 1.30 bits per heavy atom. The minimum Gasteiger partial charge on any atom is -0.375 e. The minimum absolute atomic E-state index is 0.138. The van der Waals surface area contributed by atoms with E-state index in [-0.39, 0.29) is 5.91 Å². The topological polar surface area (TPSA) is 41.6 Å². The second-order valence-electron chi connectivity index (χ2n) is 6.31. The van der Waals surface area contributed by atoms with Gasteiger partial charge in [0.2, 0.25) is 5.91 Å². The molecule has 0 bridgehead atoms. The molecule has 0 saturated carbocycles. The van der Waals surface area contributed by atoms with E-state index in [1.165, 1.54) is 12.8 Å².